The summed E-state index contributed by atoms with van der Waals surface area (Å²) in [6.45, 7) is 19.2. The van der Waals surface area contributed by atoms with Gasteiger partial charge in [-0.05, 0) is 48.2 Å². The number of ether oxygens (including phenoxy) is 1. The largest absolute Gasteiger partial charge is 0.438 e. The summed E-state index contributed by atoms with van der Waals surface area (Å²) in [6, 6.07) is 5.25. The predicted octanol–water partition coefficient (Wildman–Crippen LogP) is 4.82. The van der Waals surface area contributed by atoms with Crippen LogP contribution >= 0.6 is 0 Å². The third-order valence-electron chi connectivity index (χ3n) is 5.95. The van der Waals surface area contributed by atoms with Crippen LogP contribution < -0.4 is 11.1 Å². The summed E-state index contributed by atoms with van der Waals surface area (Å²) in [5, 5.41) is 3.40. The highest BCUT2D eigenvalue weighted by Crippen LogP contribution is 2.37. The van der Waals surface area contributed by atoms with Crippen LogP contribution in [0.25, 0.3) is 0 Å². The van der Waals surface area contributed by atoms with Crippen LogP contribution in [0, 0.1) is 11.2 Å². The van der Waals surface area contributed by atoms with E-state index in [1.165, 1.54) is 12.1 Å². The molecule has 0 bridgehead atoms. The summed E-state index contributed by atoms with van der Waals surface area (Å²) in [4.78, 5) is 24.9. The maximum atomic E-state index is 13.6. The maximum Gasteiger partial charge on any atom is 0.405 e. The highest BCUT2D eigenvalue weighted by Gasteiger charge is 2.40. The van der Waals surface area contributed by atoms with Crippen molar-refractivity contribution in [3.05, 3.63) is 35.6 Å². The van der Waals surface area contributed by atoms with Gasteiger partial charge in [0.1, 0.15) is 5.82 Å². The fraction of sp³-hybridized carbons (Fsp3) is 0.667. The lowest BCUT2D eigenvalue weighted by Gasteiger charge is -2.39. The van der Waals surface area contributed by atoms with Gasteiger partial charge >= 0.3 is 6.09 Å². The van der Waals surface area contributed by atoms with Gasteiger partial charge in [0.2, 0.25) is 0 Å². The van der Waals surface area contributed by atoms with Crippen molar-refractivity contribution in [2.45, 2.75) is 91.3 Å². The Morgan fingerprint density at radius 2 is 1.75 bits per heavy atom. The minimum absolute atomic E-state index is 0.0455. The Labute approximate surface area is 193 Å². The summed E-state index contributed by atoms with van der Waals surface area (Å²) in [6.07, 6.45) is -2.22. The van der Waals surface area contributed by atoms with Crippen LogP contribution in [0.3, 0.4) is 0 Å². The van der Waals surface area contributed by atoms with E-state index in [4.69, 9.17) is 14.9 Å². The van der Waals surface area contributed by atoms with Gasteiger partial charge in [-0.2, -0.15) is 0 Å². The number of hydrogen-bond donors (Lipinski definition) is 2. The Hall–Kier alpha value is -1.77. The molecule has 0 aliphatic rings. The van der Waals surface area contributed by atoms with Gasteiger partial charge in [0.25, 0.3) is 0 Å². The molecular formula is C24H41FN2O4Si. The molecule has 0 spiro atoms. The summed E-state index contributed by atoms with van der Waals surface area (Å²) in [5.41, 5.74) is 5.32. The third-order valence-corrected chi connectivity index (χ3v) is 10.6. The Morgan fingerprint density at radius 1 is 1.16 bits per heavy atom. The first kappa shape index (κ1) is 28.3. The fourth-order valence-corrected chi connectivity index (χ4v) is 4.69. The minimum atomic E-state index is -1.96. The first-order chi connectivity index (χ1) is 14.4. The Kier molecular flexibility index (Phi) is 9.62. The lowest BCUT2D eigenvalue weighted by molar-refractivity contribution is -0.132. The van der Waals surface area contributed by atoms with Crippen molar-refractivity contribution >= 4 is 20.2 Å². The van der Waals surface area contributed by atoms with Gasteiger partial charge in [0.05, 0.1) is 12.1 Å². The molecule has 3 atom stereocenters. The van der Waals surface area contributed by atoms with E-state index < -0.39 is 37.8 Å². The number of benzene rings is 1. The van der Waals surface area contributed by atoms with Crippen molar-refractivity contribution in [2.24, 2.45) is 11.1 Å². The molecule has 1 rings (SSSR count). The lowest BCUT2D eigenvalue weighted by Crippen LogP contribution is -2.54. The van der Waals surface area contributed by atoms with Crippen LogP contribution in [-0.4, -0.2) is 45.0 Å². The van der Waals surface area contributed by atoms with Crippen LogP contribution in [0.1, 0.15) is 54.0 Å². The molecule has 6 nitrogen and oxygen atoms in total. The second kappa shape index (κ2) is 10.9. The monoisotopic (exact) mass is 468 g/mol. The number of Topliss-reactive ketones (excluding diaryl/α,β-unsaturated/α-hetero) is 1. The molecule has 32 heavy (non-hydrogen) atoms. The lowest BCUT2D eigenvalue weighted by atomic mass is 9.81. The number of nitrogens with two attached hydrogens (primary N) is 1. The van der Waals surface area contributed by atoms with Crippen LogP contribution in [-0.2, 0) is 20.4 Å². The number of ketones is 1. The molecule has 0 aliphatic carbocycles. The first-order valence-electron chi connectivity index (χ1n) is 11.1. The molecule has 3 N–H and O–H groups in total. The molecule has 0 aromatic heterocycles. The predicted molar refractivity (Wildman–Crippen MR) is 129 cm³/mol. The fourth-order valence-electron chi connectivity index (χ4n) is 3.24. The Morgan fingerprint density at radius 3 is 2.22 bits per heavy atom. The van der Waals surface area contributed by atoms with E-state index in [0.29, 0.717) is 12.1 Å². The van der Waals surface area contributed by atoms with Gasteiger partial charge in [0.15, 0.2) is 20.2 Å². The van der Waals surface area contributed by atoms with Gasteiger partial charge in [-0.3, -0.25) is 4.79 Å². The third kappa shape index (κ3) is 8.63. The Balaban J connectivity index is 3.02. The number of rotatable bonds is 10. The van der Waals surface area contributed by atoms with Gasteiger partial charge in [0, 0.05) is 13.0 Å². The molecule has 1 aromatic carbocycles. The highest BCUT2D eigenvalue weighted by atomic mass is 28.4. The van der Waals surface area contributed by atoms with Gasteiger partial charge in [-0.15, -0.1) is 0 Å². The van der Waals surface area contributed by atoms with E-state index in [0.717, 1.165) is 0 Å². The minimum Gasteiger partial charge on any atom is -0.438 e. The number of hydrogen-bond acceptors (Lipinski definition) is 5. The summed E-state index contributed by atoms with van der Waals surface area (Å²) in [5.74, 6) is -0.727. The van der Waals surface area contributed by atoms with Crippen LogP contribution in [0.4, 0.5) is 9.18 Å². The first-order valence-corrected chi connectivity index (χ1v) is 14.0. The van der Waals surface area contributed by atoms with Crippen LogP contribution in [0.15, 0.2) is 24.3 Å². The van der Waals surface area contributed by atoms with Crippen molar-refractivity contribution < 1.29 is 23.1 Å². The molecule has 0 heterocycles. The molecule has 8 heteroatoms. The van der Waals surface area contributed by atoms with E-state index in [1.54, 1.807) is 12.1 Å². The molecule has 182 valence electrons. The number of carbonyl (C=O) groups is 2. The second-order valence-electron chi connectivity index (χ2n) is 11.1. The standard InChI is InChI=1S/C24H41FN2O4Si/c1-16(31-32(8,9)24(5,6)7)15-27-21(23(2,3)4)20(28)19(30-22(26)29)14-17-11-10-12-18(25)13-17/h10-13,16,19,21,27H,14-15H2,1-9H3,(H2,26,29)/t16-,19?,21+/m0/s1. The van der Waals surface area contributed by atoms with E-state index in [9.17, 15) is 14.0 Å². The zero-order valence-electron chi connectivity index (χ0n) is 21.0. The van der Waals surface area contributed by atoms with E-state index >= 15 is 0 Å². The Bertz CT molecular complexity index is 787. The van der Waals surface area contributed by atoms with Crippen molar-refractivity contribution in [3.8, 4) is 0 Å². The normalized spacial score (nSPS) is 15.7. The van der Waals surface area contributed by atoms with Gasteiger partial charge in [-0.25, -0.2) is 9.18 Å². The molecule has 0 aliphatic heterocycles. The summed E-state index contributed by atoms with van der Waals surface area (Å²) < 4.78 is 25.2. The summed E-state index contributed by atoms with van der Waals surface area (Å²) >= 11 is 0. The van der Waals surface area contributed by atoms with Crippen LogP contribution in [0.2, 0.25) is 18.1 Å². The van der Waals surface area contributed by atoms with E-state index in [1.807, 2.05) is 27.7 Å². The number of halogens is 1. The number of nitrogens with one attached hydrogen (secondary N) is 1. The van der Waals surface area contributed by atoms with Crippen LogP contribution in [0.5, 0.6) is 0 Å². The quantitative estimate of drug-likeness (QED) is 0.481. The molecule has 1 unspecified atom stereocenters. The number of amides is 1. The molecule has 0 fully saturated rings. The van der Waals surface area contributed by atoms with Crippen molar-refractivity contribution in [1.29, 1.82) is 0 Å². The smallest absolute Gasteiger partial charge is 0.405 e. The highest BCUT2D eigenvalue weighted by molar-refractivity contribution is 6.74. The molecule has 1 aromatic rings. The molecule has 1 amide bonds. The van der Waals surface area contributed by atoms with Gasteiger partial charge in [-0.1, -0.05) is 53.7 Å². The molecule has 0 radical (unpaired) electrons. The molecule has 0 saturated heterocycles. The van der Waals surface area contributed by atoms with Crippen molar-refractivity contribution in [1.82, 2.24) is 5.32 Å². The molecule has 0 saturated carbocycles. The molecular weight excluding hydrogens is 427 g/mol. The number of primary amides is 1. The van der Waals surface area contributed by atoms with E-state index in [2.05, 4.69) is 39.2 Å². The SMILES string of the molecule is C[C@@H](CN[C@H](C(=O)C(Cc1cccc(F)c1)OC(N)=O)C(C)(C)C)O[Si](C)(C)C(C)(C)C. The van der Waals surface area contributed by atoms with E-state index in [-0.39, 0.29) is 23.3 Å². The van der Waals surface area contributed by atoms with Crippen molar-refractivity contribution in [2.75, 3.05) is 6.54 Å². The summed E-state index contributed by atoms with van der Waals surface area (Å²) in [7, 11) is -1.96. The average Bonchev–Trinajstić information content (AvgIpc) is 2.58. The van der Waals surface area contributed by atoms with Gasteiger partial charge < -0.3 is 20.2 Å². The number of carbonyl (C=O) groups excluding carboxylic acids is 2. The van der Waals surface area contributed by atoms with Crippen molar-refractivity contribution in [3.63, 3.8) is 0 Å². The second-order valence-corrected chi connectivity index (χ2v) is 15.8. The maximum absolute atomic E-state index is 13.6. The zero-order chi connectivity index (χ0) is 24.9. The average molecular weight is 469 g/mol. The topological polar surface area (TPSA) is 90.6 Å². The zero-order valence-corrected chi connectivity index (χ0v) is 22.0.